The molecule has 0 unspecified atom stereocenters. The number of aromatic nitrogens is 3. The molecule has 0 saturated heterocycles. The molecular weight excluding hydrogens is 318 g/mol. The van der Waals surface area contributed by atoms with Crippen LogP contribution in [0, 0.1) is 6.92 Å². The lowest BCUT2D eigenvalue weighted by molar-refractivity contribution is 0.101. The second kappa shape index (κ2) is 6.52. The highest BCUT2D eigenvalue weighted by atomic mass is 16.5. The summed E-state index contributed by atoms with van der Waals surface area (Å²) in [6, 6.07) is 11.8. The van der Waals surface area contributed by atoms with E-state index >= 15 is 0 Å². The Labute approximate surface area is 145 Å². The zero-order valence-electron chi connectivity index (χ0n) is 14.0. The van der Waals surface area contributed by atoms with Crippen LogP contribution in [0.15, 0.2) is 40.9 Å². The van der Waals surface area contributed by atoms with E-state index in [0.29, 0.717) is 30.4 Å². The number of rotatable bonds is 4. The molecule has 0 radical (unpaired) electrons. The number of amides is 1. The number of anilines is 1. The van der Waals surface area contributed by atoms with Crippen LogP contribution in [-0.2, 0) is 19.5 Å². The molecule has 0 fully saturated rings. The maximum atomic E-state index is 12.7. The quantitative estimate of drug-likeness (QED) is 0.762. The molecule has 0 spiro atoms. The summed E-state index contributed by atoms with van der Waals surface area (Å²) in [7, 11) is 0. The Morgan fingerprint density at radius 2 is 2.20 bits per heavy atom. The average molecular weight is 337 g/mol. The van der Waals surface area contributed by atoms with Crippen molar-refractivity contribution in [2.24, 2.45) is 0 Å². The zero-order valence-corrected chi connectivity index (χ0v) is 14.0. The number of aryl methyl sites for hydroxylation is 1. The molecule has 2 aromatic heterocycles. The van der Waals surface area contributed by atoms with Gasteiger partial charge in [-0.05, 0) is 12.5 Å². The fourth-order valence-electron chi connectivity index (χ4n) is 3.09. The Hall–Kier alpha value is -2.93. The number of carbonyl (C=O) groups excluding carboxylic acids is 1. The Kier molecular flexibility index (Phi) is 4.07. The van der Waals surface area contributed by atoms with Crippen LogP contribution in [0.5, 0.6) is 0 Å². The highest BCUT2D eigenvalue weighted by Crippen LogP contribution is 2.21. The summed E-state index contributed by atoms with van der Waals surface area (Å²) in [5.41, 5.74) is 3.67. The van der Waals surface area contributed by atoms with Gasteiger partial charge in [0.2, 0.25) is 0 Å². The summed E-state index contributed by atoms with van der Waals surface area (Å²) in [6.07, 6.45) is 0.853. The first-order chi connectivity index (χ1) is 12.2. The van der Waals surface area contributed by atoms with E-state index in [9.17, 15) is 4.79 Å². The predicted octanol–water partition coefficient (Wildman–Crippen LogP) is 2.13. The van der Waals surface area contributed by atoms with E-state index in [1.54, 1.807) is 13.0 Å². The third-order valence-corrected chi connectivity index (χ3v) is 4.27. The van der Waals surface area contributed by atoms with Crippen LogP contribution in [0.4, 0.5) is 5.82 Å². The maximum absolute atomic E-state index is 12.7. The number of hydrogen-bond acceptors (Lipinski definition) is 5. The molecular formula is C18H19N5O2. The third-order valence-electron chi connectivity index (χ3n) is 4.27. The summed E-state index contributed by atoms with van der Waals surface area (Å²) in [5, 5.41) is 14.5. The topological polar surface area (TPSA) is 85.0 Å². The van der Waals surface area contributed by atoms with Crippen LogP contribution in [0.3, 0.4) is 0 Å². The first-order valence-electron chi connectivity index (χ1n) is 8.28. The normalized spacial score (nSPS) is 13.5. The van der Waals surface area contributed by atoms with Crippen molar-refractivity contribution in [3.8, 4) is 0 Å². The molecule has 0 atom stereocenters. The van der Waals surface area contributed by atoms with Crippen molar-refractivity contribution in [2.75, 3.05) is 11.9 Å². The maximum Gasteiger partial charge on any atom is 0.277 e. The molecule has 1 aliphatic rings. The molecule has 0 bridgehead atoms. The van der Waals surface area contributed by atoms with Crippen molar-refractivity contribution in [3.63, 3.8) is 0 Å². The van der Waals surface area contributed by atoms with Gasteiger partial charge in [-0.25, -0.2) is 0 Å². The van der Waals surface area contributed by atoms with E-state index in [4.69, 9.17) is 4.52 Å². The molecule has 7 heteroatoms. The minimum atomic E-state index is -0.264. The predicted molar refractivity (Wildman–Crippen MR) is 92.4 cm³/mol. The van der Waals surface area contributed by atoms with Crippen molar-refractivity contribution < 1.29 is 9.32 Å². The first kappa shape index (κ1) is 15.6. The molecule has 7 nitrogen and oxygen atoms in total. The number of carbonyl (C=O) groups is 1. The Balaban J connectivity index is 1.64. The highest BCUT2D eigenvalue weighted by molar-refractivity contribution is 6.03. The minimum Gasteiger partial charge on any atom is -0.360 e. The zero-order chi connectivity index (χ0) is 17.2. The largest absolute Gasteiger partial charge is 0.360 e. The molecule has 2 N–H and O–H groups in total. The van der Waals surface area contributed by atoms with Crippen LogP contribution < -0.4 is 10.6 Å². The molecule has 3 aromatic rings. The molecule has 0 aliphatic carbocycles. The van der Waals surface area contributed by atoms with Crippen molar-refractivity contribution in [2.45, 2.75) is 26.4 Å². The number of nitrogens with zero attached hydrogens (tertiary/aromatic N) is 3. The smallest absolute Gasteiger partial charge is 0.277 e. The first-order valence-corrected chi connectivity index (χ1v) is 8.28. The number of benzene rings is 1. The standard InChI is InChI=1S/C18H19N5O2/c1-12-9-16(22-25-12)20-18(24)17-14-10-19-8-7-15(14)23(21-17)11-13-5-3-2-4-6-13/h2-6,9,19H,7-8,10-11H2,1H3,(H,20,22,24). The molecule has 1 amide bonds. The summed E-state index contributed by atoms with van der Waals surface area (Å²) in [5.74, 6) is 0.784. The van der Waals surface area contributed by atoms with Crippen LogP contribution in [-0.4, -0.2) is 27.4 Å². The number of hydrogen-bond donors (Lipinski definition) is 2. The second-order valence-electron chi connectivity index (χ2n) is 6.12. The van der Waals surface area contributed by atoms with Gasteiger partial charge < -0.3 is 15.2 Å². The third kappa shape index (κ3) is 3.18. The van der Waals surface area contributed by atoms with Gasteiger partial charge in [-0.3, -0.25) is 9.48 Å². The van der Waals surface area contributed by atoms with E-state index in [2.05, 4.69) is 33.0 Å². The van der Waals surface area contributed by atoms with Gasteiger partial charge in [-0.2, -0.15) is 5.10 Å². The van der Waals surface area contributed by atoms with Gasteiger partial charge in [-0.15, -0.1) is 0 Å². The van der Waals surface area contributed by atoms with Gasteiger partial charge in [0.1, 0.15) is 5.76 Å². The lowest BCUT2D eigenvalue weighted by Crippen LogP contribution is -2.26. The average Bonchev–Trinajstić information content (AvgIpc) is 3.20. The van der Waals surface area contributed by atoms with Crippen molar-refractivity contribution in [1.29, 1.82) is 0 Å². The Morgan fingerprint density at radius 1 is 1.36 bits per heavy atom. The molecule has 3 heterocycles. The van der Waals surface area contributed by atoms with Crippen molar-refractivity contribution in [1.82, 2.24) is 20.3 Å². The lowest BCUT2D eigenvalue weighted by atomic mass is 10.1. The highest BCUT2D eigenvalue weighted by Gasteiger charge is 2.25. The number of nitrogens with one attached hydrogen (secondary N) is 2. The second-order valence-corrected chi connectivity index (χ2v) is 6.12. The monoisotopic (exact) mass is 337 g/mol. The lowest BCUT2D eigenvalue weighted by Gasteiger charge is -2.15. The van der Waals surface area contributed by atoms with Gasteiger partial charge in [0, 0.05) is 36.8 Å². The van der Waals surface area contributed by atoms with Crippen molar-refractivity contribution in [3.05, 3.63) is 64.7 Å². The van der Waals surface area contributed by atoms with E-state index < -0.39 is 0 Å². The van der Waals surface area contributed by atoms with Gasteiger partial charge >= 0.3 is 0 Å². The number of fused-ring (bicyclic) bond motifs is 1. The Bertz CT molecular complexity index is 898. The van der Waals surface area contributed by atoms with Crippen LogP contribution in [0.1, 0.15) is 33.1 Å². The molecule has 25 heavy (non-hydrogen) atoms. The molecule has 1 aromatic carbocycles. The minimum absolute atomic E-state index is 0.264. The molecule has 1 aliphatic heterocycles. The van der Waals surface area contributed by atoms with E-state index in [1.165, 1.54) is 0 Å². The summed E-state index contributed by atoms with van der Waals surface area (Å²) in [6.45, 7) is 3.96. The summed E-state index contributed by atoms with van der Waals surface area (Å²) in [4.78, 5) is 12.7. The Morgan fingerprint density at radius 3 is 2.96 bits per heavy atom. The summed E-state index contributed by atoms with van der Waals surface area (Å²) < 4.78 is 6.93. The summed E-state index contributed by atoms with van der Waals surface area (Å²) >= 11 is 0. The van der Waals surface area contributed by atoms with Crippen LogP contribution >= 0.6 is 0 Å². The fourth-order valence-corrected chi connectivity index (χ4v) is 3.09. The van der Waals surface area contributed by atoms with E-state index in [0.717, 1.165) is 29.8 Å². The fraction of sp³-hybridized carbons (Fsp3) is 0.278. The van der Waals surface area contributed by atoms with Gasteiger partial charge in [0.15, 0.2) is 11.5 Å². The molecule has 0 saturated carbocycles. The van der Waals surface area contributed by atoms with E-state index in [1.807, 2.05) is 22.9 Å². The van der Waals surface area contributed by atoms with Crippen LogP contribution in [0.2, 0.25) is 0 Å². The van der Waals surface area contributed by atoms with Gasteiger partial charge in [-0.1, -0.05) is 35.5 Å². The molecule has 128 valence electrons. The van der Waals surface area contributed by atoms with Crippen LogP contribution in [0.25, 0.3) is 0 Å². The molecule has 4 rings (SSSR count). The van der Waals surface area contributed by atoms with E-state index in [-0.39, 0.29) is 5.91 Å². The SMILES string of the molecule is Cc1cc(NC(=O)c2nn(Cc3ccccc3)c3c2CNCC3)no1. The van der Waals surface area contributed by atoms with Gasteiger partial charge in [0.25, 0.3) is 5.91 Å². The van der Waals surface area contributed by atoms with Gasteiger partial charge in [0.05, 0.1) is 6.54 Å². The van der Waals surface area contributed by atoms with Crippen molar-refractivity contribution >= 4 is 11.7 Å².